The van der Waals surface area contributed by atoms with E-state index in [1.165, 1.54) is 12.1 Å². The molecule has 2 rings (SSSR count). The molecular formula is C16H10F3NO. The van der Waals surface area contributed by atoms with E-state index in [1.807, 2.05) is 0 Å². The van der Waals surface area contributed by atoms with E-state index in [9.17, 15) is 18.0 Å². The highest BCUT2D eigenvalue weighted by atomic mass is 19.1. The monoisotopic (exact) mass is 289 g/mol. The summed E-state index contributed by atoms with van der Waals surface area (Å²) < 4.78 is 40.3. The zero-order valence-electron chi connectivity index (χ0n) is 11.0. The summed E-state index contributed by atoms with van der Waals surface area (Å²) in [5, 5.41) is 9.11. The van der Waals surface area contributed by atoms with Gasteiger partial charge in [-0.05, 0) is 25.1 Å². The molecular weight excluding hydrogens is 279 g/mol. The van der Waals surface area contributed by atoms with Gasteiger partial charge < -0.3 is 0 Å². The van der Waals surface area contributed by atoms with Crippen molar-refractivity contribution in [2.24, 2.45) is 0 Å². The number of halogens is 3. The molecule has 0 saturated heterocycles. The Morgan fingerprint density at radius 3 is 2.43 bits per heavy atom. The summed E-state index contributed by atoms with van der Waals surface area (Å²) in [6.45, 7) is 1.66. The van der Waals surface area contributed by atoms with Gasteiger partial charge in [-0.2, -0.15) is 5.26 Å². The first kappa shape index (κ1) is 14.8. The van der Waals surface area contributed by atoms with E-state index in [4.69, 9.17) is 5.26 Å². The number of rotatable bonds is 3. The maximum Gasteiger partial charge on any atom is 0.187 e. The van der Waals surface area contributed by atoms with E-state index >= 15 is 0 Å². The van der Waals surface area contributed by atoms with Crippen LogP contribution in [-0.2, 0) is 0 Å². The fraction of sp³-hybridized carbons (Fsp3) is 0.125. The van der Waals surface area contributed by atoms with Crippen LogP contribution in [0.2, 0.25) is 0 Å². The number of ketones is 1. The zero-order valence-corrected chi connectivity index (χ0v) is 11.0. The highest BCUT2D eigenvalue weighted by Gasteiger charge is 2.27. The minimum Gasteiger partial charge on any atom is -0.292 e. The fourth-order valence-corrected chi connectivity index (χ4v) is 1.99. The van der Waals surface area contributed by atoms with E-state index in [1.54, 1.807) is 13.0 Å². The van der Waals surface area contributed by atoms with Crippen LogP contribution in [0.1, 0.15) is 27.4 Å². The maximum absolute atomic E-state index is 13.7. The third kappa shape index (κ3) is 2.95. The van der Waals surface area contributed by atoms with Gasteiger partial charge in [0.2, 0.25) is 0 Å². The molecule has 0 aromatic heterocycles. The van der Waals surface area contributed by atoms with Crippen molar-refractivity contribution in [1.82, 2.24) is 0 Å². The second kappa shape index (κ2) is 5.80. The molecule has 0 bridgehead atoms. The van der Waals surface area contributed by atoms with Crippen molar-refractivity contribution in [2.45, 2.75) is 12.8 Å². The van der Waals surface area contributed by atoms with Crippen molar-refractivity contribution >= 4 is 5.78 Å². The Morgan fingerprint density at radius 2 is 1.81 bits per heavy atom. The second-order valence-electron chi connectivity index (χ2n) is 4.58. The van der Waals surface area contributed by atoms with E-state index in [0.717, 1.165) is 18.2 Å². The molecule has 0 aliphatic carbocycles. The molecule has 0 fully saturated rings. The van der Waals surface area contributed by atoms with E-state index in [-0.39, 0.29) is 11.1 Å². The minimum absolute atomic E-state index is 0.273. The van der Waals surface area contributed by atoms with Gasteiger partial charge in [-0.15, -0.1) is 0 Å². The molecule has 1 unspecified atom stereocenters. The van der Waals surface area contributed by atoms with Crippen LogP contribution in [0.5, 0.6) is 0 Å². The molecule has 0 saturated carbocycles. The van der Waals surface area contributed by atoms with Gasteiger partial charge in [0.05, 0.1) is 11.6 Å². The van der Waals surface area contributed by atoms with Crippen molar-refractivity contribution in [3.05, 3.63) is 70.5 Å². The molecule has 1 atom stereocenters. The molecule has 2 aromatic rings. The number of hydrogen-bond acceptors (Lipinski definition) is 2. The largest absolute Gasteiger partial charge is 0.292 e. The number of nitriles is 1. The van der Waals surface area contributed by atoms with Crippen LogP contribution in [0.3, 0.4) is 0 Å². The number of carbonyl (C=O) groups is 1. The number of Topliss-reactive ketones (excluding diaryl/α,β-unsaturated/α-hetero) is 1. The first-order chi connectivity index (χ1) is 9.93. The maximum atomic E-state index is 13.7. The normalized spacial score (nSPS) is 11.8. The van der Waals surface area contributed by atoms with E-state index in [0.29, 0.717) is 11.6 Å². The predicted molar refractivity (Wildman–Crippen MR) is 70.2 cm³/mol. The second-order valence-corrected chi connectivity index (χ2v) is 4.58. The van der Waals surface area contributed by atoms with Crippen molar-refractivity contribution in [3.63, 3.8) is 0 Å². The highest BCUT2D eigenvalue weighted by molar-refractivity contribution is 6.03. The first-order valence-electron chi connectivity index (χ1n) is 6.09. The number of benzene rings is 2. The molecule has 106 valence electrons. The Hall–Kier alpha value is -2.61. The average Bonchev–Trinajstić information content (AvgIpc) is 2.44. The molecule has 0 radical (unpaired) electrons. The molecule has 0 N–H and O–H groups in total. The zero-order chi connectivity index (χ0) is 15.6. The van der Waals surface area contributed by atoms with Crippen molar-refractivity contribution in [1.29, 1.82) is 5.26 Å². The first-order valence-corrected chi connectivity index (χ1v) is 6.09. The number of carbonyl (C=O) groups excluding carboxylic acids is 1. The topological polar surface area (TPSA) is 40.9 Å². The molecule has 2 aromatic carbocycles. The van der Waals surface area contributed by atoms with Crippen molar-refractivity contribution in [3.8, 4) is 6.07 Å². The minimum atomic E-state index is -1.53. The molecule has 0 spiro atoms. The Labute approximate surface area is 119 Å². The van der Waals surface area contributed by atoms with Gasteiger partial charge in [-0.3, -0.25) is 4.79 Å². The summed E-state index contributed by atoms with van der Waals surface area (Å²) in [6, 6.07) is 8.08. The SMILES string of the molecule is Cc1ccc(F)c(C(=O)C(C#N)c2ccc(F)cc2F)c1. The van der Waals surface area contributed by atoms with Crippen LogP contribution < -0.4 is 0 Å². The number of nitrogens with zero attached hydrogens (tertiary/aromatic N) is 1. The Bertz CT molecular complexity index is 750. The summed E-state index contributed by atoms with van der Waals surface area (Å²) in [7, 11) is 0. The summed E-state index contributed by atoms with van der Waals surface area (Å²) in [4.78, 5) is 12.3. The van der Waals surface area contributed by atoms with Gasteiger partial charge >= 0.3 is 0 Å². The lowest BCUT2D eigenvalue weighted by molar-refractivity contribution is 0.0973. The van der Waals surface area contributed by atoms with E-state index < -0.39 is 29.2 Å². The van der Waals surface area contributed by atoms with Crippen molar-refractivity contribution in [2.75, 3.05) is 0 Å². The standard InChI is InChI=1S/C16H10F3NO/c1-9-2-5-14(18)12(6-9)16(21)13(8-20)11-4-3-10(17)7-15(11)19/h2-7,13H,1H3. The van der Waals surface area contributed by atoms with Crippen LogP contribution >= 0.6 is 0 Å². The summed E-state index contributed by atoms with van der Waals surface area (Å²) in [5.41, 5.74) is 0.0751. The number of hydrogen-bond donors (Lipinski definition) is 0. The van der Waals surface area contributed by atoms with Crippen LogP contribution in [-0.4, -0.2) is 5.78 Å². The van der Waals surface area contributed by atoms with Crippen LogP contribution in [0.15, 0.2) is 36.4 Å². The highest BCUT2D eigenvalue weighted by Crippen LogP contribution is 2.25. The Morgan fingerprint density at radius 1 is 1.10 bits per heavy atom. The van der Waals surface area contributed by atoms with Gasteiger partial charge in [0.1, 0.15) is 23.4 Å². The molecule has 0 aliphatic heterocycles. The lowest BCUT2D eigenvalue weighted by Crippen LogP contribution is -2.14. The predicted octanol–water partition coefficient (Wildman–Crippen LogP) is 3.90. The quantitative estimate of drug-likeness (QED) is 0.804. The summed E-state index contributed by atoms with van der Waals surface area (Å²) in [5.74, 6) is -5.00. The van der Waals surface area contributed by atoms with Crippen molar-refractivity contribution < 1.29 is 18.0 Å². The molecule has 0 heterocycles. The lowest BCUT2D eigenvalue weighted by Gasteiger charge is -2.11. The van der Waals surface area contributed by atoms with Gasteiger partial charge in [0.15, 0.2) is 5.78 Å². The summed E-state index contributed by atoms with van der Waals surface area (Å²) >= 11 is 0. The third-order valence-electron chi connectivity index (χ3n) is 3.05. The van der Waals surface area contributed by atoms with Gasteiger partial charge in [0, 0.05) is 11.6 Å². The number of aryl methyl sites for hydroxylation is 1. The fourth-order valence-electron chi connectivity index (χ4n) is 1.99. The molecule has 0 aliphatic rings. The smallest absolute Gasteiger partial charge is 0.187 e. The van der Waals surface area contributed by atoms with Crippen LogP contribution in [0.25, 0.3) is 0 Å². The van der Waals surface area contributed by atoms with Crippen LogP contribution in [0, 0.1) is 35.7 Å². The average molecular weight is 289 g/mol. The molecule has 21 heavy (non-hydrogen) atoms. The molecule has 2 nitrogen and oxygen atoms in total. The van der Waals surface area contributed by atoms with Gasteiger partial charge in [-0.1, -0.05) is 17.7 Å². The van der Waals surface area contributed by atoms with E-state index in [2.05, 4.69) is 0 Å². The van der Waals surface area contributed by atoms with Gasteiger partial charge in [0.25, 0.3) is 0 Å². The molecule has 5 heteroatoms. The lowest BCUT2D eigenvalue weighted by atomic mass is 9.90. The Balaban J connectivity index is 2.49. The summed E-state index contributed by atoms with van der Waals surface area (Å²) in [6.07, 6.45) is 0. The Kier molecular flexibility index (Phi) is 4.08. The molecule has 0 amide bonds. The van der Waals surface area contributed by atoms with Gasteiger partial charge in [-0.25, -0.2) is 13.2 Å². The third-order valence-corrected chi connectivity index (χ3v) is 3.05. The van der Waals surface area contributed by atoms with Crippen LogP contribution in [0.4, 0.5) is 13.2 Å².